The number of carbonyl (C=O) groups is 1. The highest BCUT2D eigenvalue weighted by Crippen LogP contribution is 2.40. The van der Waals surface area contributed by atoms with Gasteiger partial charge in [-0.3, -0.25) is 14.9 Å². The quantitative estimate of drug-likeness (QED) is 0.235. The highest BCUT2D eigenvalue weighted by molar-refractivity contribution is 8.18. The number of nitrogens with one attached hydrogen (secondary N) is 1. The summed E-state index contributed by atoms with van der Waals surface area (Å²) in [6, 6.07) is 15.6. The molecule has 1 aliphatic rings. The van der Waals surface area contributed by atoms with Gasteiger partial charge in [0.2, 0.25) is 5.75 Å². The second-order valence-electron chi connectivity index (χ2n) is 7.27. The minimum absolute atomic E-state index is 0.0392. The Labute approximate surface area is 206 Å². The number of carbonyl (C=O) groups excluding carboxylic acids is 1. The lowest BCUT2D eigenvalue weighted by molar-refractivity contribution is -0.385. The molecule has 0 unspecified atom stereocenters. The molecule has 1 N–H and O–H groups in total. The first-order valence-electron chi connectivity index (χ1n) is 10.2. The minimum Gasteiger partial charge on any atom is -0.493 e. The van der Waals surface area contributed by atoms with Gasteiger partial charge in [-0.15, -0.1) is 0 Å². The zero-order chi connectivity index (χ0) is 25.9. The summed E-state index contributed by atoms with van der Waals surface area (Å²) in [5, 5.41) is 14.4. The Morgan fingerprint density at radius 1 is 1.03 bits per heavy atom. The summed E-state index contributed by atoms with van der Waals surface area (Å²) in [6.45, 7) is 0. The van der Waals surface area contributed by atoms with Crippen molar-refractivity contribution in [3.05, 3.63) is 92.9 Å². The number of halogens is 3. The van der Waals surface area contributed by atoms with Crippen molar-refractivity contribution in [3.63, 3.8) is 0 Å². The van der Waals surface area contributed by atoms with Gasteiger partial charge in [-0.25, -0.2) is 4.99 Å². The maximum Gasteiger partial charge on any atom is 0.416 e. The molecule has 1 fully saturated rings. The van der Waals surface area contributed by atoms with E-state index in [1.54, 1.807) is 24.3 Å². The normalized spacial score (nSPS) is 15.7. The Bertz CT molecular complexity index is 1390. The number of para-hydroxylation sites is 1. The zero-order valence-electron chi connectivity index (χ0n) is 18.4. The number of ether oxygens (including phenoxy) is 2. The van der Waals surface area contributed by atoms with E-state index in [2.05, 4.69) is 10.3 Å². The van der Waals surface area contributed by atoms with Crippen LogP contribution in [0.4, 0.5) is 24.5 Å². The van der Waals surface area contributed by atoms with Crippen LogP contribution in [0.15, 0.2) is 76.6 Å². The number of alkyl halides is 3. The van der Waals surface area contributed by atoms with Gasteiger partial charge in [0.05, 0.1) is 28.2 Å². The van der Waals surface area contributed by atoms with Gasteiger partial charge < -0.3 is 14.8 Å². The van der Waals surface area contributed by atoms with E-state index in [0.717, 1.165) is 17.8 Å². The maximum atomic E-state index is 13.0. The molecule has 3 aromatic rings. The predicted octanol–water partition coefficient (Wildman–Crippen LogP) is 6.31. The average Bonchev–Trinajstić information content (AvgIpc) is 3.18. The number of nitro groups is 1. The second-order valence-corrected chi connectivity index (χ2v) is 8.30. The molecule has 8 nitrogen and oxygen atoms in total. The van der Waals surface area contributed by atoms with Gasteiger partial charge in [-0.2, -0.15) is 13.2 Å². The highest BCUT2D eigenvalue weighted by Gasteiger charge is 2.33. The number of methoxy groups -OCH3 is 1. The maximum absolute atomic E-state index is 13.0. The van der Waals surface area contributed by atoms with Crippen molar-refractivity contribution in [2.24, 2.45) is 4.99 Å². The van der Waals surface area contributed by atoms with Gasteiger partial charge >= 0.3 is 11.9 Å². The Morgan fingerprint density at radius 3 is 2.42 bits per heavy atom. The largest absolute Gasteiger partial charge is 0.493 e. The highest BCUT2D eigenvalue weighted by atomic mass is 32.2. The molecule has 1 saturated heterocycles. The van der Waals surface area contributed by atoms with Crippen LogP contribution in [-0.4, -0.2) is 23.1 Å². The number of amides is 1. The molecule has 1 aliphatic heterocycles. The van der Waals surface area contributed by atoms with Crippen LogP contribution in [-0.2, 0) is 11.0 Å². The summed E-state index contributed by atoms with van der Waals surface area (Å²) in [6.07, 6.45) is -3.15. The fourth-order valence-corrected chi connectivity index (χ4v) is 3.99. The number of hydrogen-bond donors (Lipinski definition) is 1. The lowest BCUT2D eigenvalue weighted by Gasteiger charge is -2.13. The van der Waals surface area contributed by atoms with Crippen LogP contribution >= 0.6 is 11.8 Å². The van der Waals surface area contributed by atoms with E-state index in [9.17, 15) is 28.1 Å². The number of nitro benzene ring substituents is 1. The topological polar surface area (TPSA) is 103 Å². The van der Waals surface area contributed by atoms with Crippen molar-refractivity contribution >= 4 is 40.3 Å². The van der Waals surface area contributed by atoms with Crippen LogP contribution in [0, 0.1) is 10.1 Å². The summed E-state index contributed by atoms with van der Waals surface area (Å²) in [4.78, 5) is 27.5. The first kappa shape index (κ1) is 24.8. The van der Waals surface area contributed by atoms with E-state index in [4.69, 9.17) is 9.47 Å². The second kappa shape index (κ2) is 10.1. The molecular weight excluding hydrogens is 499 g/mol. The Balaban J connectivity index is 1.58. The summed E-state index contributed by atoms with van der Waals surface area (Å²) in [5.41, 5.74) is -0.776. The molecule has 4 rings (SSSR count). The van der Waals surface area contributed by atoms with E-state index in [1.807, 2.05) is 18.2 Å². The van der Waals surface area contributed by atoms with Crippen molar-refractivity contribution in [1.29, 1.82) is 0 Å². The van der Waals surface area contributed by atoms with Crippen LogP contribution in [0.1, 0.15) is 11.1 Å². The van der Waals surface area contributed by atoms with Gasteiger partial charge in [0.15, 0.2) is 16.7 Å². The predicted molar refractivity (Wildman–Crippen MR) is 128 cm³/mol. The smallest absolute Gasteiger partial charge is 0.416 e. The van der Waals surface area contributed by atoms with Crippen molar-refractivity contribution in [1.82, 2.24) is 5.32 Å². The first-order chi connectivity index (χ1) is 17.1. The lowest BCUT2D eigenvalue weighted by Crippen LogP contribution is -2.19. The fourth-order valence-electron chi connectivity index (χ4n) is 3.15. The number of amidine groups is 1. The zero-order valence-corrected chi connectivity index (χ0v) is 19.2. The number of aliphatic imine (C=N–C) groups is 1. The van der Waals surface area contributed by atoms with E-state index in [0.29, 0.717) is 33.5 Å². The van der Waals surface area contributed by atoms with Gasteiger partial charge in [0.1, 0.15) is 0 Å². The molecule has 0 atom stereocenters. The van der Waals surface area contributed by atoms with Gasteiger partial charge in [0, 0.05) is 6.07 Å². The summed E-state index contributed by atoms with van der Waals surface area (Å²) in [7, 11) is 1.34. The number of nitrogens with zero attached hydrogens (tertiary/aromatic N) is 2. The molecule has 1 heterocycles. The van der Waals surface area contributed by atoms with Gasteiger partial charge in [-0.05, 0) is 59.8 Å². The standard InChI is InChI=1S/C24H16F3N3O5S/c1-34-20-11-14(12-21-22(31)29-23(36-21)28-16-5-3-2-4-6-16)7-9-19(20)35-18-10-8-15(24(25,26)27)13-17(18)30(32)33/h2-13H,1H3,(H,28,29,31)/b21-12-. The number of hydrogen-bond acceptors (Lipinski definition) is 7. The summed E-state index contributed by atoms with van der Waals surface area (Å²) in [5.74, 6) is -0.531. The molecular formula is C24H16F3N3O5S. The molecule has 0 spiro atoms. The monoisotopic (exact) mass is 515 g/mol. The van der Waals surface area contributed by atoms with E-state index in [1.165, 1.54) is 19.2 Å². The molecule has 0 saturated carbocycles. The van der Waals surface area contributed by atoms with Crippen LogP contribution < -0.4 is 14.8 Å². The van der Waals surface area contributed by atoms with E-state index < -0.39 is 22.4 Å². The van der Waals surface area contributed by atoms with Gasteiger partial charge in [0.25, 0.3) is 5.91 Å². The van der Waals surface area contributed by atoms with E-state index >= 15 is 0 Å². The fraction of sp³-hybridized carbons (Fsp3) is 0.0833. The molecule has 0 aliphatic carbocycles. The molecule has 12 heteroatoms. The number of thioether (sulfide) groups is 1. The van der Waals surface area contributed by atoms with Crippen LogP contribution in [0.5, 0.6) is 17.2 Å². The number of benzene rings is 3. The van der Waals surface area contributed by atoms with Crippen molar-refractivity contribution in [2.45, 2.75) is 6.18 Å². The third-order valence-electron chi connectivity index (χ3n) is 4.83. The van der Waals surface area contributed by atoms with Crippen molar-refractivity contribution in [3.8, 4) is 17.2 Å². The molecule has 184 valence electrons. The third-order valence-corrected chi connectivity index (χ3v) is 5.74. The summed E-state index contributed by atoms with van der Waals surface area (Å²) >= 11 is 1.15. The van der Waals surface area contributed by atoms with Crippen LogP contribution in [0.2, 0.25) is 0 Å². The summed E-state index contributed by atoms with van der Waals surface area (Å²) < 4.78 is 49.7. The Kier molecular flexibility index (Phi) is 6.97. The molecule has 0 bridgehead atoms. The van der Waals surface area contributed by atoms with Crippen LogP contribution in [0.3, 0.4) is 0 Å². The van der Waals surface area contributed by atoms with Gasteiger partial charge in [-0.1, -0.05) is 24.3 Å². The third kappa shape index (κ3) is 5.66. The SMILES string of the molecule is COc1cc(/C=C2\SC(=Nc3ccccc3)NC2=O)ccc1Oc1ccc(C(F)(F)F)cc1[N+](=O)[O-]. The molecule has 0 aromatic heterocycles. The minimum atomic E-state index is -4.74. The molecule has 1 amide bonds. The first-order valence-corrected chi connectivity index (χ1v) is 11.0. The van der Waals surface area contributed by atoms with E-state index in [-0.39, 0.29) is 23.2 Å². The van der Waals surface area contributed by atoms with Crippen LogP contribution in [0.25, 0.3) is 6.08 Å². The Morgan fingerprint density at radius 2 is 1.75 bits per heavy atom. The number of rotatable bonds is 6. The van der Waals surface area contributed by atoms with Crippen molar-refractivity contribution < 1.29 is 32.4 Å². The molecule has 0 radical (unpaired) electrons. The molecule has 3 aromatic carbocycles. The molecule has 36 heavy (non-hydrogen) atoms. The Hall–Kier alpha value is -4.32. The average molecular weight is 515 g/mol. The lowest BCUT2D eigenvalue weighted by atomic mass is 10.1. The van der Waals surface area contributed by atoms with Crippen molar-refractivity contribution in [2.75, 3.05) is 7.11 Å².